The Labute approximate surface area is 174 Å². The summed E-state index contributed by atoms with van der Waals surface area (Å²) in [5, 5.41) is 15.2. The largest absolute Gasteiger partial charge is 0.379 e. The van der Waals surface area contributed by atoms with Gasteiger partial charge in [0.2, 0.25) is 0 Å². The standard InChI is InChI=1S/C17H33N7O.HI/c1-5-6-7-18-17(20-13-16-22-21-15(3)23(16)4)19-12-14(2)24-8-10-25-11-9-24;/h14H,5-13H2,1-4H3,(H2,18,19,20);1H. The number of guanidine groups is 1. The molecule has 1 aromatic heterocycles. The molecule has 0 bridgehead atoms. The molecule has 0 aliphatic carbocycles. The van der Waals surface area contributed by atoms with Crippen LogP contribution >= 0.6 is 24.0 Å². The highest BCUT2D eigenvalue weighted by Gasteiger charge is 2.17. The van der Waals surface area contributed by atoms with E-state index in [9.17, 15) is 0 Å². The van der Waals surface area contributed by atoms with Gasteiger partial charge in [0.15, 0.2) is 11.8 Å². The fraction of sp³-hybridized carbons (Fsp3) is 0.824. The quantitative estimate of drug-likeness (QED) is 0.253. The molecule has 0 spiro atoms. The molecule has 8 nitrogen and oxygen atoms in total. The monoisotopic (exact) mass is 479 g/mol. The summed E-state index contributed by atoms with van der Waals surface area (Å²) in [4.78, 5) is 7.14. The van der Waals surface area contributed by atoms with Gasteiger partial charge in [-0.25, -0.2) is 4.99 Å². The van der Waals surface area contributed by atoms with E-state index in [1.165, 1.54) is 0 Å². The molecule has 1 saturated heterocycles. The van der Waals surface area contributed by atoms with Gasteiger partial charge in [-0.3, -0.25) is 4.90 Å². The number of aryl methyl sites for hydroxylation is 1. The number of morpholine rings is 1. The predicted molar refractivity (Wildman–Crippen MR) is 115 cm³/mol. The lowest BCUT2D eigenvalue weighted by Gasteiger charge is -2.32. The third kappa shape index (κ3) is 7.36. The Kier molecular flexibility index (Phi) is 11.1. The minimum atomic E-state index is 0. The van der Waals surface area contributed by atoms with Crippen molar-refractivity contribution in [2.24, 2.45) is 12.0 Å². The molecule has 2 rings (SSSR count). The van der Waals surface area contributed by atoms with Crippen LogP contribution in [0.25, 0.3) is 0 Å². The topological polar surface area (TPSA) is 79.6 Å². The van der Waals surface area contributed by atoms with Crippen LogP contribution in [0, 0.1) is 6.92 Å². The molecule has 9 heteroatoms. The lowest BCUT2D eigenvalue weighted by Crippen LogP contribution is -2.49. The van der Waals surface area contributed by atoms with Crippen LogP contribution in [-0.4, -0.2) is 71.1 Å². The Morgan fingerprint density at radius 2 is 2.00 bits per heavy atom. The number of nitrogens with zero attached hydrogens (tertiary/aromatic N) is 5. The molecular formula is C17H34IN7O. The van der Waals surface area contributed by atoms with Crippen LogP contribution in [0.3, 0.4) is 0 Å². The highest BCUT2D eigenvalue weighted by Crippen LogP contribution is 2.03. The van der Waals surface area contributed by atoms with Crippen LogP contribution in [-0.2, 0) is 18.3 Å². The second-order valence-corrected chi connectivity index (χ2v) is 6.55. The number of hydrogen-bond acceptors (Lipinski definition) is 5. The number of aliphatic imine (C=N–C) groups is 1. The summed E-state index contributed by atoms with van der Waals surface area (Å²) in [6.07, 6.45) is 2.29. The molecular weight excluding hydrogens is 445 g/mol. The van der Waals surface area contributed by atoms with E-state index < -0.39 is 0 Å². The number of aromatic nitrogens is 3. The van der Waals surface area contributed by atoms with Crippen LogP contribution in [0.4, 0.5) is 0 Å². The van der Waals surface area contributed by atoms with Crippen molar-refractivity contribution in [2.45, 2.75) is 46.2 Å². The van der Waals surface area contributed by atoms with E-state index in [2.05, 4.69) is 44.6 Å². The van der Waals surface area contributed by atoms with Gasteiger partial charge >= 0.3 is 0 Å². The van der Waals surface area contributed by atoms with Crippen LogP contribution in [0.1, 0.15) is 38.3 Å². The summed E-state index contributed by atoms with van der Waals surface area (Å²) in [6.45, 7) is 12.3. The summed E-state index contributed by atoms with van der Waals surface area (Å²) >= 11 is 0. The highest BCUT2D eigenvalue weighted by molar-refractivity contribution is 14.0. The van der Waals surface area contributed by atoms with Gasteiger partial charge in [-0.1, -0.05) is 13.3 Å². The Morgan fingerprint density at radius 1 is 1.27 bits per heavy atom. The molecule has 0 amide bonds. The first-order chi connectivity index (χ1) is 12.1. The van der Waals surface area contributed by atoms with Gasteiger partial charge in [-0.05, 0) is 20.3 Å². The normalized spacial score (nSPS) is 16.8. The molecule has 0 aromatic carbocycles. The van der Waals surface area contributed by atoms with E-state index in [0.717, 1.165) is 69.8 Å². The van der Waals surface area contributed by atoms with Crippen molar-refractivity contribution in [3.63, 3.8) is 0 Å². The first-order valence-electron chi connectivity index (χ1n) is 9.30. The van der Waals surface area contributed by atoms with Crippen LogP contribution in [0.15, 0.2) is 4.99 Å². The summed E-state index contributed by atoms with van der Waals surface area (Å²) in [6, 6.07) is 0.444. The number of hydrogen-bond donors (Lipinski definition) is 2. The number of halogens is 1. The van der Waals surface area contributed by atoms with Gasteiger partial charge in [-0.2, -0.15) is 0 Å². The van der Waals surface area contributed by atoms with Crippen LogP contribution in [0.5, 0.6) is 0 Å². The fourth-order valence-electron chi connectivity index (χ4n) is 2.69. The average Bonchev–Trinajstić information content (AvgIpc) is 2.96. The smallest absolute Gasteiger partial charge is 0.191 e. The molecule has 1 unspecified atom stereocenters. The average molecular weight is 479 g/mol. The maximum atomic E-state index is 5.43. The first kappa shape index (κ1) is 23.1. The van der Waals surface area contributed by atoms with Gasteiger partial charge < -0.3 is 19.9 Å². The molecule has 26 heavy (non-hydrogen) atoms. The molecule has 1 aromatic rings. The third-order valence-electron chi connectivity index (χ3n) is 4.62. The van der Waals surface area contributed by atoms with Gasteiger partial charge in [0.1, 0.15) is 12.4 Å². The van der Waals surface area contributed by atoms with Gasteiger partial charge in [0, 0.05) is 39.3 Å². The van der Waals surface area contributed by atoms with Crippen LogP contribution < -0.4 is 10.6 Å². The maximum absolute atomic E-state index is 5.43. The number of unbranched alkanes of at least 4 members (excludes halogenated alkanes) is 1. The van der Waals surface area contributed by atoms with E-state index in [0.29, 0.717) is 12.6 Å². The molecule has 1 fully saturated rings. The summed E-state index contributed by atoms with van der Waals surface area (Å²) < 4.78 is 7.40. The minimum absolute atomic E-state index is 0. The number of ether oxygens (including phenoxy) is 1. The fourth-order valence-corrected chi connectivity index (χ4v) is 2.69. The molecule has 0 saturated carbocycles. The van der Waals surface area contributed by atoms with Crippen molar-refractivity contribution >= 4 is 29.9 Å². The zero-order valence-corrected chi connectivity index (χ0v) is 18.8. The van der Waals surface area contributed by atoms with Crippen molar-refractivity contribution < 1.29 is 4.74 Å². The number of rotatable bonds is 8. The summed E-state index contributed by atoms with van der Waals surface area (Å²) in [5.74, 6) is 2.61. The third-order valence-corrected chi connectivity index (χ3v) is 4.62. The van der Waals surface area contributed by atoms with Crippen molar-refractivity contribution in [3.05, 3.63) is 11.6 Å². The Balaban J connectivity index is 0.00000338. The molecule has 1 atom stereocenters. The van der Waals surface area contributed by atoms with Gasteiger partial charge in [-0.15, -0.1) is 34.2 Å². The summed E-state index contributed by atoms with van der Waals surface area (Å²) in [7, 11) is 1.97. The van der Waals surface area contributed by atoms with Crippen LogP contribution in [0.2, 0.25) is 0 Å². The summed E-state index contributed by atoms with van der Waals surface area (Å²) in [5.41, 5.74) is 0. The van der Waals surface area contributed by atoms with Crippen molar-refractivity contribution in [2.75, 3.05) is 39.4 Å². The van der Waals surface area contributed by atoms with Gasteiger partial charge in [0.05, 0.1) is 13.2 Å². The second-order valence-electron chi connectivity index (χ2n) is 6.55. The Morgan fingerprint density at radius 3 is 2.62 bits per heavy atom. The van der Waals surface area contributed by atoms with Crippen molar-refractivity contribution in [1.29, 1.82) is 0 Å². The first-order valence-corrected chi connectivity index (χ1v) is 9.30. The molecule has 150 valence electrons. The minimum Gasteiger partial charge on any atom is -0.379 e. The van der Waals surface area contributed by atoms with Crippen molar-refractivity contribution in [3.8, 4) is 0 Å². The zero-order chi connectivity index (χ0) is 18.1. The highest BCUT2D eigenvalue weighted by atomic mass is 127. The Bertz CT molecular complexity index is 543. The SMILES string of the molecule is CCCCNC(=NCc1nnc(C)n1C)NCC(C)N1CCOCC1.I. The maximum Gasteiger partial charge on any atom is 0.191 e. The second kappa shape index (κ2) is 12.4. The lowest BCUT2D eigenvalue weighted by atomic mass is 10.2. The molecule has 2 heterocycles. The number of nitrogens with one attached hydrogen (secondary N) is 2. The predicted octanol–water partition coefficient (Wildman–Crippen LogP) is 1.30. The molecule has 1 aliphatic rings. The van der Waals surface area contributed by atoms with Crippen molar-refractivity contribution in [1.82, 2.24) is 30.3 Å². The van der Waals surface area contributed by atoms with Gasteiger partial charge in [0.25, 0.3) is 0 Å². The van der Waals surface area contributed by atoms with E-state index in [4.69, 9.17) is 4.74 Å². The van der Waals surface area contributed by atoms with E-state index in [1.54, 1.807) is 0 Å². The zero-order valence-electron chi connectivity index (χ0n) is 16.5. The lowest BCUT2D eigenvalue weighted by molar-refractivity contribution is 0.0211. The van der Waals surface area contributed by atoms with E-state index in [-0.39, 0.29) is 24.0 Å². The molecule has 2 N–H and O–H groups in total. The van der Waals surface area contributed by atoms with E-state index in [1.807, 2.05) is 18.5 Å². The van der Waals surface area contributed by atoms with E-state index >= 15 is 0 Å². The molecule has 0 radical (unpaired) electrons. The molecule has 1 aliphatic heterocycles. The Hall–Kier alpha value is -0.940.